The number of piperidine rings is 2. The summed E-state index contributed by atoms with van der Waals surface area (Å²) in [7, 11) is 1.82. The Morgan fingerprint density at radius 2 is 2.18 bits per heavy atom. The molecule has 1 aromatic rings. The molecule has 146 valence electrons. The first-order valence-corrected chi connectivity index (χ1v) is 10.3. The molecule has 5 heterocycles. The van der Waals surface area contributed by atoms with Gasteiger partial charge in [-0.15, -0.1) is 0 Å². The Bertz CT molecular complexity index is 962. The second-order valence-corrected chi connectivity index (χ2v) is 9.31. The van der Waals surface area contributed by atoms with Gasteiger partial charge in [0.25, 0.3) is 0 Å². The largest absolute Gasteiger partial charge is 0.365 e. The first kappa shape index (κ1) is 16.1. The van der Waals surface area contributed by atoms with Gasteiger partial charge in [0, 0.05) is 31.8 Å². The number of amides is 1. The number of hydrogen-bond donors (Lipinski definition) is 1. The lowest BCUT2D eigenvalue weighted by Crippen LogP contribution is -2.77. The Kier molecular flexibility index (Phi) is 2.70. The number of ether oxygens (including phenoxy) is 2. The third kappa shape index (κ3) is 1.42. The van der Waals surface area contributed by atoms with E-state index in [0.29, 0.717) is 6.61 Å². The van der Waals surface area contributed by atoms with Gasteiger partial charge in [-0.2, -0.15) is 0 Å². The van der Waals surface area contributed by atoms with Crippen LogP contribution in [0.5, 0.6) is 0 Å². The summed E-state index contributed by atoms with van der Waals surface area (Å²) in [4.78, 5) is 17.8. The average molecular weight is 380 g/mol. The van der Waals surface area contributed by atoms with Crippen molar-refractivity contribution in [2.45, 2.75) is 42.2 Å². The van der Waals surface area contributed by atoms with E-state index in [1.54, 1.807) is 0 Å². The number of anilines is 1. The van der Waals surface area contributed by atoms with Gasteiger partial charge in [0.15, 0.2) is 5.79 Å². The molecule has 1 aliphatic carbocycles. The summed E-state index contributed by atoms with van der Waals surface area (Å²) in [6.45, 7) is 2.17. The van der Waals surface area contributed by atoms with Crippen LogP contribution in [0.25, 0.3) is 0 Å². The maximum Gasteiger partial charge on any atom is 0.232 e. The summed E-state index contributed by atoms with van der Waals surface area (Å²) in [5.41, 5.74) is 2.78. The van der Waals surface area contributed by atoms with E-state index >= 15 is 0 Å². The van der Waals surface area contributed by atoms with Gasteiger partial charge in [0.2, 0.25) is 5.91 Å². The van der Waals surface area contributed by atoms with Crippen molar-refractivity contribution >= 4 is 11.6 Å². The molecule has 1 N–H and O–H groups in total. The molecule has 4 fully saturated rings. The van der Waals surface area contributed by atoms with E-state index in [2.05, 4.69) is 29.2 Å². The van der Waals surface area contributed by atoms with Crippen molar-refractivity contribution in [2.24, 2.45) is 11.8 Å². The van der Waals surface area contributed by atoms with Crippen LogP contribution >= 0.6 is 0 Å². The summed E-state index contributed by atoms with van der Waals surface area (Å²) < 4.78 is 12.4. The summed E-state index contributed by atoms with van der Waals surface area (Å²) in [6, 6.07) is 8.18. The van der Waals surface area contributed by atoms with Crippen molar-refractivity contribution in [1.29, 1.82) is 0 Å². The van der Waals surface area contributed by atoms with Crippen molar-refractivity contribution in [3.05, 3.63) is 41.5 Å². The molecular formula is C22H24N2O4. The molecule has 6 aliphatic rings. The predicted octanol–water partition coefficient (Wildman–Crippen LogP) is 1.39. The molecular weight excluding hydrogens is 356 g/mol. The van der Waals surface area contributed by atoms with Gasteiger partial charge in [-0.05, 0) is 30.4 Å². The number of carbonyl (C=O) groups is 1. The maximum absolute atomic E-state index is 13.4. The van der Waals surface area contributed by atoms with Crippen LogP contribution in [0.2, 0.25) is 0 Å². The highest BCUT2D eigenvalue weighted by atomic mass is 16.6. The van der Waals surface area contributed by atoms with Gasteiger partial charge in [-0.3, -0.25) is 9.69 Å². The molecule has 1 aromatic carbocycles. The Morgan fingerprint density at radius 3 is 3.04 bits per heavy atom. The number of rotatable bonds is 1. The highest BCUT2D eigenvalue weighted by Gasteiger charge is 2.79. The smallest absolute Gasteiger partial charge is 0.232 e. The molecule has 6 atom stereocenters. The van der Waals surface area contributed by atoms with E-state index in [4.69, 9.17) is 9.47 Å². The Balaban J connectivity index is 1.60. The van der Waals surface area contributed by atoms with Crippen molar-refractivity contribution in [3.63, 3.8) is 0 Å². The summed E-state index contributed by atoms with van der Waals surface area (Å²) in [5.74, 6) is -1.40. The van der Waals surface area contributed by atoms with Crippen LogP contribution in [0, 0.1) is 11.8 Å². The van der Waals surface area contributed by atoms with E-state index in [0.717, 1.165) is 31.6 Å². The Hall–Kier alpha value is -1.73. The number of benzene rings is 1. The highest BCUT2D eigenvalue weighted by molar-refractivity contribution is 5.99. The van der Waals surface area contributed by atoms with Crippen molar-refractivity contribution in [1.82, 2.24) is 4.90 Å². The minimum atomic E-state index is -1.40. The molecule has 0 radical (unpaired) electrons. The molecule has 5 aliphatic heterocycles. The van der Waals surface area contributed by atoms with Crippen LogP contribution in [0.1, 0.15) is 24.8 Å². The number of hydrogen-bond acceptors (Lipinski definition) is 5. The molecule has 2 bridgehead atoms. The maximum atomic E-state index is 13.4. The second-order valence-electron chi connectivity index (χ2n) is 9.31. The Morgan fingerprint density at radius 1 is 1.32 bits per heavy atom. The van der Waals surface area contributed by atoms with Crippen molar-refractivity contribution < 1.29 is 19.4 Å². The van der Waals surface area contributed by atoms with E-state index < -0.39 is 11.5 Å². The van der Waals surface area contributed by atoms with E-state index in [-0.39, 0.29) is 35.6 Å². The first-order chi connectivity index (χ1) is 13.6. The average Bonchev–Trinajstić information content (AvgIpc) is 3.15. The van der Waals surface area contributed by atoms with Gasteiger partial charge in [0.1, 0.15) is 5.72 Å². The van der Waals surface area contributed by atoms with E-state index in [1.807, 2.05) is 18.1 Å². The number of carbonyl (C=O) groups excluding carboxylic acids is 1. The molecule has 1 spiro atoms. The van der Waals surface area contributed by atoms with Crippen LogP contribution in [0.15, 0.2) is 35.9 Å². The summed E-state index contributed by atoms with van der Waals surface area (Å²) in [5, 5.41) is 11.6. The number of aliphatic hydroxyl groups is 1. The molecule has 28 heavy (non-hydrogen) atoms. The normalized spacial score (nSPS) is 47.6. The fourth-order valence-corrected chi connectivity index (χ4v) is 7.93. The molecule has 0 aromatic heterocycles. The van der Waals surface area contributed by atoms with Gasteiger partial charge in [-0.25, -0.2) is 0 Å². The second kappa shape index (κ2) is 4.70. The quantitative estimate of drug-likeness (QED) is 0.746. The minimum Gasteiger partial charge on any atom is -0.365 e. The fraction of sp³-hybridized carbons (Fsp3) is 0.591. The van der Waals surface area contributed by atoms with Crippen molar-refractivity contribution in [3.8, 4) is 0 Å². The van der Waals surface area contributed by atoms with Gasteiger partial charge in [-0.1, -0.05) is 29.8 Å². The van der Waals surface area contributed by atoms with Gasteiger partial charge in [0.05, 0.1) is 24.5 Å². The SMILES string of the molecule is CO[C@]12C[C@H]3C4=CCO[C@@]5(O)CC(=O)N6c7ccccc7[C@@]1(CCN2C4)[C@@H]6[C@@H]35. The van der Waals surface area contributed by atoms with Gasteiger partial charge >= 0.3 is 0 Å². The van der Waals surface area contributed by atoms with Crippen LogP contribution in [-0.2, 0) is 19.7 Å². The van der Waals surface area contributed by atoms with Crippen LogP contribution in [0.3, 0.4) is 0 Å². The third-order valence-electron chi connectivity index (χ3n) is 8.74. The predicted molar refractivity (Wildman–Crippen MR) is 101 cm³/mol. The first-order valence-electron chi connectivity index (χ1n) is 10.3. The van der Waals surface area contributed by atoms with Crippen molar-refractivity contribution in [2.75, 3.05) is 31.7 Å². The topological polar surface area (TPSA) is 62.2 Å². The zero-order valence-corrected chi connectivity index (χ0v) is 15.9. The van der Waals surface area contributed by atoms with E-state index in [1.165, 1.54) is 11.1 Å². The summed E-state index contributed by atoms with van der Waals surface area (Å²) in [6.07, 6.45) is 3.94. The molecule has 3 saturated heterocycles. The summed E-state index contributed by atoms with van der Waals surface area (Å²) >= 11 is 0. The van der Waals surface area contributed by atoms with Crippen LogP contribution in [0.4, 0.5) is 5.69 Å². The molecule has 6 nitrogen and oxygen atoms in total. The lowest BCUT2D eigenvalue weighted by molar-refractivity contribution is -0.284. The third-order valence-corrected chi connectivity index (χ3v) is 8.74. The van der Waals surface area contributed by atoms with E-state index in [9.17, 15) is 9.90 Å². The lowest BCUT2D eigenvalue weighted by atomic mass is 9.51. The molecule has 7 rings (SSSR count). The zero-order chi connectivity index (χ0) is 18.9. The zero-order valence-electron chi connectivity index (χ0n) is 15.9. The number of fused-ring (bicyclic) bond motifs is 2. The van der Waals surface area contributed by atoms with Crippen LogP contribution < -0.4 is 4.90 Å². The monoisotopic (exact) mass is 380 g/mol. The number of methoxy groups -OCH3 is 1. The van der Waals surface area contributed by atoms with Crippen LogP contribution in [-0.4, -0.2) is 60.3 Å². The Labute approximate surface area is 163 Å². The molecule has 1 amide bonds. The highest BCUT2D eigenvalue weighted by Crippen LogP contribution is 2.70. The molecule has 6 heteroatoms. The standard InChI is InChI=1S/C22H24N2O4/c1-27-22-10-14-13-6-9-28-21(26)11-17(25)24-16-5-3-2-4-15(16)20(22,19(24)18(14)21)7-8-23(22)12-13/h2-6,14,18-19,26H,7-12H2,1H3/t14-,18+,19-,20-,21-,22+/m0/s1. The number of nitrogens with zero attached hydrogens (tertiary/aromatic N) is 2. The number of para-hydroxylation sites is 1. The molecule has 0 unspecified atom stereocenters. The van der Waals surface area contributed by atoms with Gasteiger partial charge < -0.3 is 19.5 Å². The lowest BCUT2D eigenvalue weighted by Gasteiger charge is -2.64. The minimum absolute atomic E-state index is 0.0277. The molecule has 1 saturated carbocycles. The fourth-order valence-electron chi connectivity index (χ4n) is 7.93.